The van der Waals surface area contributed by atoms with Crippen LogP contribution in [-0.2, 0) is 6.54 Å². The summed E-state index contributed by atoms with van der Waals surface area (Å²) in [5.74, 6) is 0.455. The Bertz CT molecular complexity index is 608. The Morgan fingerprint density at radius 2 is 2.00 bits per heavy atom. The van der Waals surface area contributed by atoms with E-state index in [1.807, 2.05) is 6.92 Å². The molecule has 0 saturated heterocycles. The molecule has 96 valence electrons. The van der Waals surface area contributed by atoms with Crippen molar-refractivity contribution in [2.45, 2.75) is 33.2 Å². The predicted octanol–water partition coefficient (Wildman–Crippen LogP) is 2.26. The van der Waals surface area contributed by atoms with Crippen molar-refractivity contribution in [1.29, 1.82) is 0 Å². The van der Waals surface area contributed by atoms with E-state index in [0.717, 1.165) is 16.8 Å². The van der Waals surface area contributed by atoms with E-state index in [1.54, 1.807) is 0 Å². The zero-order valence-corrected chi connectivity index (χ0v) is 11.0. The maximum absolute atomic E-state index is 11.6. The van der Waals surface area contributed by atoms with Crippen molar-refractivity contribution in [3.05, 3.63) is 45.2 Å². The fourth-order valence-corrected chi connectivity index (χ4v) is 2.08. The first-order valence-corrected chi connectivity index (χ1v) is 6.15. The van der Waals surface area contributed by atoms with Gasteiger partial charge >= 0.3 is 0 Å². The van der Waals surface area contributed by atoms with Crippen molar-refractivity contribution in [3.8, 4) is 11.3 Å². The molecular weight excluding hydrogens is 226 g/mol. The lowest BCUT2D eigenvalue weighted by molar-refractivity contribution is 0.866. The monoisotopic (exact) mass is 245 g/mol. The molecule has 2 rings (SSSR count). The maximum atomic E-state index is 11.6. The van der Waals surface area contributed by atoms with Gasteiger partial charge < -0.3 is 5.73 Å². The zero-order chi connectivity index (χ0) is 13.3. The first-order chi connectivity index (χ1) is 8.54. The second-order valence-electron chi connectivity index (χ2n) is 4.87. The quantitative estimate of drug-likeness (QED) is 0.776. The number of aromatic amines is 2. The summed E-state index contributed by atoms with van der Waals surface area (Å²) in [5, 5.41) is 5.53. The summed E-state index contributed by atoms with van der Waals surface area (Å²) in [7, 11) is 0. The number of H-pyrrole nitrogens is 2. The Morgan fingerprint density at radius 3 is 2.61 bits per heavy atom. The Morgan fingerprint density at radius 1 is 1.28 bits per heavy atom. The molecule has 4 N–H and O–H groups in total. The predicted molar refractivity (Wildman–Crippen MR) is 73.6 cm³/mol. The van der Waals surface area contributed by atoms with Gasteiger partial charge in [-0.2, -0.15) is 0 Å². The van der Waals surface area contributed by atoms with Crippen molar-refractivity contribution in [3.63, 3.8) is 0 Å². The van der Waals surface area contributed by atoms with E-state index in [-0.39, 0.29) is 12.1 Å². The molecular formula is C14H19N3O. The molecule has 0 amide bonds. The van der Waals surface area contributed by atoms with Gasteiger partial charge in [-0.15, -0.1) is 0 Å². The molecule has 0 spiro atoms. The highest BCUT2D eigenvalue weighted by atomic mass is 16.1. The van der Waals surface area contributed by atoms with Gasteiger partial charge in [-0.1, -0.05) is 26.0 Å². The number of benzene rings is 1. The molecule has 0 radical (unpaired) electrons. The van der Waals surface area contributed by atoms with Gasteiger partial charge in [-0.25, -0.2) is 0 Å². The third kappa shape index (κ3) is 2.11. The third-order valence-corrected chi connectivity index (χ3v) is 3.28. The van der Waals surface area contributed by atoms with Crippen LogP contribution in [0.3, 0.4) is 0 Å². The number of nitrogens with two attached hydrogens (primary N) is 1. The number of aryl methyl sites for hydroxylation is 1. The first kappa shape index (κ1) is 12.6. The highest BCUT2D eigenvalue weighted by Gasteiger charge is 2.13. The van der Waals surface area contributed by atoms with E-state index in [0.29, 0.717) is 11.5 Å². The maximum Gasteiger partial charge on any atom is 0.269 e. The molecule has 0 aliphatic carbocycles. The van der Waals surface area contributed by atoms with Gasteiger partial charge in [0.15, 0.2) is 0 Å². The summed E-state index contributed by atoms with van der Waals surface area (Å²) >= 11 is 0. The van der Waals surface area contributed by atoms with E-state index in [1.165, 1.54) is 5.56 Å². The van der Waals surface area contributed by atoms with Crippen LogP contribution in [0.1, 0.15) is 36.5 Å². The summed E-state index contributed by atoms with van der Waals surface area (Å²) in [5.41, 5.74) is 10.3. The molecule has 1 heterocycles. The van der Waals surface area contributed by atoms with Gasteiger partial charge in [-0.3, -0.25) is 15.0 Å². The van der Waals surface area contributed by atoms with Crippen LogP contribution in [0.2, 0.25) is 0 Å². The standard InChI is InChI=1S/C14H19N3O/c1-8(2)10-5-4-9(3)11(6-10)13-12(7-15)14(18)17-16-13/h4-6,8H,7,15H2,1-3H3,(H2,16,17,18). The Hall–Kier alpha value is -1.81. The number of nitrogens with one attached hydrogen (secondary N) is 2. The molecule has 1 aromatic heterocycles. The van der Waals surface area contributed by atoms with Crippen molar-refractivity contribution in [1.82, 2.24) is 10.2 Å². The summed E-state index contributed by atoms with van der Waals surface area (Å²) in [6.45, 7) is 6.57. The molecule has 4 nitrogen and oxygen atoms in total. The molecule has 1 aromatic carbocycles. The van der Waals surface area contributed by atoms with Crippen LogP contribution in [-0.4, -0.2) is 10.2 Å². The lowest BCUT2D eigenvalue weighted by atomic mass is 9.95. The average molecular weight is 245 g/mol. The van der Waals surface area contributed by atoms with Crippen LogP contribution >= 0.6 is 0 Å². The molecule has 0 bridgehead atoms. The van der Waals surface area contributed by atoms with Crippen molar-refractivity contribution >= 4 is 0 Å². The van der Waals surface area contributed by atoms with Crippen LogP contribution in [0.4, 0.5) is 0 Å². The lowest BCUT2D eigenvalue weighted by Gasteiger charge is -2.11. The summed E-state index contributed by atoms with van der Waals surface area (Å²) < 4.78 is 0. The van der Waals surface area contributed by atoms with Gasteiger partial charge in [0.1, 0.15) is 0 Å². The molecule has 0 fully saturated rings. The van der Waals surface area contributed by atoms with E-state index in [9.17, 15) is 4.79 Å². The number of hydrogen-bond donors (Lipinski definition) is 3. The van der Waals surface area contributed by atoms with Gasteiger partial charge in [0.2, 0.25) is 0 Å². The SMILES string of the molecule is Cc1ccc(C(C)C)cc1-c1[nH][nH]c(=O)c1CN. The van der Waals surface area contributed by atoms with E-state index < -0.39 is 0 Å². The molecule has 0 aliphatic rings. The number of hydrogen-bond acceptors (Lipinski definition) is 2. The summed E-state index contributed by atoms with van der Waals surface area (Å²) in [6, 6.07) is 6.32. The van der Waals surface area contributed by atoms with Crippen LogP contribution in [0.15, 0.2) is 23.0 Å². The largest absolute Gasteiger partial charge is 0.326 e. The highest BCUT2D eigenvalue weighted by Crippen LogP contribution is 2.27. The van der Waals surface area contributed by atoms with Crippen molar-refractivity contribution in [2.75, 3.05) is 0 Å². The van der Waals surface area contributed by atoms with Crippen molar-refractivity contribution in [2.24, 2.45) is 5.73 Å². The Balaban J connectivity index is 2.62. The topological polar surface area (TPSA) is 74.7 Å². The minimum absolute atomic E-state index is 0.137. The normalized spacial score (nSPS) is 11.2. The number of aromatic nitrogens is 2. The van der Waals surface area contributed by atoms with Crippen LogP contribution in [0, 0.1) is 6.92 Å². The fourth-order valence-electron chi connectivity index (χ4n) is 2.08. The Kier molecular flexibility index (Phi) is 3.39. The molecule has 18 heavy (non-hydrogen) atoms. The minimum Gasteiger partial charge on any atom is -0.326 e. The zero-order valence-electron chi connectivity index (χ0n) is 11.0. The fraction of sp³-hybridized carbons (Fsp3) is 0.357. The second kappa shape index (κ2) is 4.82. The smallest absolute Gasteiger partial charge is 0.269 e. The van der Waals surface area contributed by atoms with Gasteiger partial charge in [0.25, 0.3) is 5.56 Å². The van der Waals surface area contributed by atoms with Crippen LogP contribution in [0.5, 0.6) is 0 Å². The van der Waals surface area contributed by atoms with Crippen LogP contribution in [0.25, 0.3) is 11.3 Å². The van der Waals surface area contributed by atoms with E-state index in [2.05, 4.69) is 42.2 Å². The minimum atomic E-state index is -0.137. The molecule has 2 aromatic rings. The molecule has 0 aliphatic heterocycles. The molecule has 4 heteroatoms. The van der Waals surface area contributed by atoms with Crippen LogP contribution < -0.4 is 11.3 Å². The molecule has 0 unspecified atom stereocenters. The average Bonchev–Trinajstić information content (AvgIpc) is 2.70. The Labute approximate surface area is 106 Å². The van der Waals surface area contributed by atoms with E-state index >= 15 is 0 Å². The van der Waals surface area contributed by atoms with Gasteiger partial charge in [0, 0.05) is 12.1 Å². The number of rotatable bonds is 3. The third-order valence-electron chi connectivity index (χ3n) is 3.28. The summed E-state index contributed by atoms with van der Waals surface area (Å²) in [6.07, 6.45) is 0. The second-order valence-corrected chi connectivity index (χ2v) is 4.87. The van der Waals surface area contributed by atoms with Gasteiger partial charge in [-0.05, 0) is 30.0 Å². The molecule has 0 atom stereocenters. The van der Waals surface area contributed by atoms with Crippen molar-refractivity contribution < 1.29 is 0 Å². The first-order valence-electron chi connectivity index (χ1n) is 6.15. The van der Waals surface area contributed by atoms with Gasteiger partial charge in [0.05, 0.1) is 11.3 Å². The highest BCUT2D eigenvalue weighted by molar-refractivity contribution is 5.67. The molecule has 0 saturated carbocycles. The lowest BCUT2D eigenvalue weighted by Crippen LogP contribution is -2.10. The van der Waals surface area contributed by atoms with E-state index in [4.69, 9.17) is 5.73 Å². The summed E-state index contributed by atoms with van der Waals surface area (Å²) in [4.78, 5) is 11.6.